The third-order valence-corrected chi connectivity index (χ3v) is 1.97. The van der Waals surface area contributed by atoms with E-state index in [1.54, 1.807) is 14.0 Å². The predicted octanol–water partition coefficient (Wildman–Crippen LogP) is 0.0265. The normalized spacial score (nSPS) is 15.0. The van der Waals surface area contributed by atoms with Crippen molar-refractivity contribution in [2.75, 3.05) is 53.2 Å². The highest BCUT2D eigenvalue weighted by atomic mass is 16.5. The number of hydrogen-bond acceptors (Lipinski definition) is 5. The molecule has 0 aromatic carbocycles. The summed E-state index contributed by atoms with van der Waals surface area (Å²) in [5.41, 5.74) is -0.817. The minimum absolute atomic E-state index is 0.313. The van der Waals surface area contributed by atoms with Crippen molar-refractivity contribution in [1.82, 2.24) is 5.32 Å². The number of nitrogens with one attached hydrogen (secondary N) is 1. The predicted molar refractivity (Wildman–Crippen MR) is 62.7 cm³/mol. The third kappa shape index (κ3) is 10.3. The van der Waals surface area contributed by atoms with E-state index >= 15 is 0 Å². The molecule has 1 unspecified atom stereocenters. The van der Waals surface area contributed by atoms with Crippen molar-refractivity contribution in [1.29, 1.82) is 0 Å². The molecule has 0 rings (SSSR count). The zero-order valence-electron chi connectivity index (χ0n) is 10.6. The molecule has 0 radical (unpaired) electrons. The minimum Gasteiger partial charge on any atom is -0.386 e. The first kappa shape index (κ1) is 15.8. The van der Waals surface area contributed by atoms with Gasteiger partial charge in [-0.1, -0.05) is 6.92 Å². The standard InChI is InChI=1S/C11H25NO4/c1-4-12-9-11(2,13)10-16-8-7-15-6-5-14-3/h12-13H,4-10H2,1-3H3. The van der Waals surface area contributed by atoms with Crippen molar-refractivity contribution >= 4 is 0 Å². The monoisotopic (exact) mass is 235 g/mol. The van der Waals surface area contributed by atoms with Crippen LogP contribution in [-0.4, -0.2) is 63.9 Å². The van der Waals surface area contributed by atoms with E-state index in [0.717, 1.165) is 6.54 Å². The average molecular weight is 235 g/mol. The molecule has 0 aliphatic carbocycles. The maximum absolute atomic E-state index is 9.84. The van der Waals surface area contributed by atoms with Gasteiger partial charge in [0, 0.05) is 13.7 Å². The topological polar surface area (TPSA) is 60.0 Å². The van der Waals surface area contributed by atoms with Gasteiger partial charge in [0.05, 0.1) is 38.6 Å². The van der Waals surface area contributed by atoms with Gasteiger partial charge >= 0.3 is 0 Å². The molecule has 16 heavy (non-hydrogen) atoms. The van der Waals surface area contributed by atoms with Crippen LogP contribution in [0.2, 0.25) is 0 Å². The summed E-state index contributed by atoms with van der Waals surface area (Å²) in [7, 11) is 1.64. The largest absolute Gasteiger partial charge is 0.386 e. The van der Waals surface area contributed by atoms with E-state index in [2.05, 4.69) is 5.32 Å². The van der Waals surface area contributed by atoms with E-state index in [-0.39, 0.29) is 0 Å². The highest BCUT2D eigenvalue weighted by Gasteiger charge is 2.19. The molecule has 0 aliphatic rings. The molecule has 5 nitrogen and oxygen atoms in total. The lowest BCUT2D eigenvalue weighted by molar-refractivity contribution is -0.0489. The molecule has 5 heteroatoms. The summed E-state index contributed by atoms with van der Waals surface area (Å²) in [6.07, 6.45) is 0. The first-order chi connectivity index (χ1) is 7.62. The van der Waals surface area contributed by atoms with Gasteiger partial charge in [-0.25, -0.2) is 0 Å². The first-order valence-corrected chi connectivity index (χ1v) is 5.70. The van der Waals surface area contributed by atoms with Crippen LogP contribution in [0.1, 0.15) is 13.8 Å². The molecule has 0 saturated heterocycles. The van der Waals surface area contributed by atoms with E-state index < -0.39 is 5.60 Å². The van der Waals surface area contributed by atoms with Crippen molar-refractivity contribution < 1.29 is 19.3 Å². The maximum Gasteiger partial charge on any atom is 0.0975 e. The summed E-state index contributed by atoms with van der Waals surface area (Å²) in [6, 6.07) is 0. The average Bonchev–Trinajstić information content (AvgIpc) is 2.25. The molecule has 0 aromatic rings. The van der Waals surface area contributed by atoms with Gasteiger partial charge in [0.1, 0.15) is 0 Å². The van der Waals surface area contributed by atoms with Gasteiger partial charge in [-0.05, 0) is 13.5 Å². The molecular weight excluding hydrogens is 210 g/mol. The molecule has 0 spiro atoms. The zero-order chi connectivity index (χ0) is 12.3. The number of hydrogen-bond donors (Lipinski definition) is 2. The van der Waals surface area contributed by atoms with Crippen LogP contribution in [0.25, 0.3) is 0 Å². The second kappa shape index (κ2) is 9.99. The molecule has 98 valence electrons. The van der Waals surface area contributed by atoms with Crippen LogP contribution in [0.3, 0.4) is 0 Å². The van der Waals surface area contributed by atoms with Crippen LogP contribution in [0.5, 0.6) is 0 Å². The maximum atomic E-state index is 9.84. The molecule has 0 fully saturated rings. The first-order valence-electron chi connectivity index (χ1n) is 5.70. The van der Waals surface area contributed by atoms with Crippen molar-refractivity contribution in [3.05, 3.63) is 0 Å². The van der Waals surface area contributed by atoms with Crippen LogP contribution in [0.4, 0.5) is 0 Å². The second-order valence-corrected chi connectivity index (χ2v) is 3.94. The molecule has 0 aliphatic heterocycles. The molecule has 0 heterocycles. The van der Waals surface area contributed by atoms with Gasteiger partial charge in [0.2, 0.25) is 0 Å². The van der Waals surface area contributed by atoms with Crippen molar-refractivity contribution in [2.45, 2.75) is 19.4 Å². The number of likely N-dealkylation sites (N-methyl/N-ethyl adjacent to an activating group) is 1. The van der Waals surface area contributed by atoms with Crippen LogP contribution < -0.4 is 5.32 Å². The van der Waals surface area contributed by atoms with Crippen molar-refractivity contribution in [2.24, 2.45) is 0 Å². The van der Waals surface area contributed by atoms with E-state index in [1.165, 1.54) is 0 Å². The Morgan fingerprint density at radius 2 is 1.75 bits per heavy atom. The Morgan fingerprint density at radius 3 is 2.38 bits per heavy atom. The van der Waals surface area contributed by atoms with Crippen LogP contribution >= 0.6 is 0 Å². The fraction of sp³-hybridized carbons (Fsp3) is 1.00. The van der Waals surface area contributed by atoms with Gasteiger partial charge in [0.25, 0.3) is 0 Å². The molecule has 2 N–H and O–H groups in total. The highest BCUT2D eigenvalue weighted by Crippen LogP contribution is 2.01. The van der Waals surface area contributed by atoms with Crippen molar-refractivity contribution in [3.8, 4) is 0 Å². The number of ether oxygens (including phenoxy) is 3. The Balaban J connectivity index is 3.29. The smallest absolute Gasteiger partial charge is 0.0975 e. The number of aliphatic hydroxyl groups is 1. The van der Waals surface area contributed by atoms with Gasteiger partial charge < -0.3 is 24.6 Å². The molecule has 0 aromatic heterocycles. The second-order valence-electron chi connectivity index (χ2n) is 3.94. The van der Waals surface area contributed by atoms with E-state index in [1.807, 2.05) is 6.92 Å². The lowest BCUT2D eigenvalue weighted by atomic mass is 10.1. The number of rotatable bonds is 11. The van der Waals surface area contributed by atoms with Gasteiger partial charge in [-0.2, -0.15) is 0 Å². The lowest BCUT2D eigenvalue weighted by Gasteiger charge is -2.23. The Hall–Kier alpha value is -0.200. The Labute approximate surface area is 98.1 Å². The van der Waals surface area contributed by atoms with Crippen LogP contribution in [-0.2, 0) is 14.2 Å². The zero-order valence-corrected chi connectivity index (χ0v) is 10.6. The van der Waals surface area contributed by atoms with Crippen LogP contribution in [0, 0.1) is 0 Å². The lowest BCUT2D eigenvalue weighted by Crippen LogP contribution is -2.42. The number of methoxy groups -OCH3 is 1. The van der Waals surface area contributed by atoms with E-state index in [9.17, 15) is 5.11 Å². The SMILES string of the molecule is CCNCC(C)(O)COCCOCCOC. The van der Waals surface area contributed by atoms with E-state index in [0.29, 0.717) is 39.6 Å². The summed E-state index contributed by atoms with van der Waals surface area (Å²) in [5, 5.41) is 12.9. The Bertz CT molecular complexity index is 153. The fourth-order valence-corrected chi connectivity index (χ4v) is 1.10. The molecular formula is C11H25NO4. The Kier molecular flexibility index (Phi) is 9.86. The minimum atomic E-state index is -0.817. The van der Waals surface area contributed by atoms with Crippen LogP contribution in [0.15, 0.2) is 0 Å². The van der Waals surface area contributed by atoms with Gasteiger partial charge in [-0.15, -0.1) is 0 Å². The summed E-state index contributed by atoms with van der Waals surface area (Å²) >= 11 is 0. The summed E-state index contributed by atoms with van der Waals surface area (Å²) in [5.74, 6) is 0. The molecule has 1 atom stereocenters. The highest BCUT2D eigenvalue weighted by molar-refractivity contribution is 4.74. The molecule has 0 bridgehead atoms. The molecule has 0 amide bonds. The third-order valence-electron chi connectivity index (χ3n) is 1.97. The van der Waals surface area contributed by atoms with Gasteiger partial charge in [-0.3, -0.25) is 0 Å². The van der Waals surface area contributed by atoms with Gasteiger partial charge in [0.15, 0.2) is 0 Å². The van der Waals surface area contributed by atoms with E-state index in [4.69, 9.17) is 14.2 Å². The quantitative estimate of drug-likeness (QED) is 0.495. The molecule has 0 saturated carbocycles. The fourth-order valence-electron chi connectivity index (χ4n) is 1.10. The van der Waals surface area contributed by atoms with Crippen molar-refractivity contribution in [3.63, 3.8) is 0 Å². The summed E-state index contributed by atoms with van der Waals surface area (Å²) in [6.45, 7) is 7.64. The summed E-state index contributed by atoms with van der Waals surface area (Å²) < 4.78 is 15.4. The summed E-state index contributed by atoms with van der Waals surface area (Å²) in [4.78, 5) is 0. The Morgan fingerprint density at radius 1 is 1.12 bits per heavy atom.